The lowest BCUT2D eigenvalue weighted by molar-refractivity contribution is -0.144. The van der Waals surface area contributed by atoms with Crippen molar-refractivity contribution in [3.8, 4) is 0 Å². The zero-order valence-corrected chi connectivity index (χ0v) is 12.8. The molecular weight excluding hydrogens is 318 g/mol. The van der Waals surface area contributed by atoms with E-state index in [9.17, 15) is 4.79 Å². The number of anilines is 1. The van der Waals surface area contributed by atoms with Gasteiger partial charge in [-0.25, -0.2) is 4.79 Å². The number of benzene rings is 1. The molecule has 0 aliphatic carbocycles. The first-order valence-electron chi connectivity index (χ1n) is 5.96. The fourth-order valence-electron chi connectivity index (χ4n) is 1.57. The van der Waals surface area contributed by atoms with Crippen molar-refractivity contribution in [2.24, 2.45) is 0 Å². The van der Waals surface area contributed by atoms with Gasteiger partial charge in [0.1, 0.15) is 6.04 Å². The van der Waals surface area contributed by atoms with Crippen molar-refractivity contribution in [2.45, 2.75) is 32.7 Å². The third kappa shape index (κ3) is 4.50. The van der Waals surface area contributed by atoms with Gasteiger partial charge in [0.05, 0.1) is 6.61 Å². The Bertz CT molecular complexity index is 412. The summed E-state index contributed by atoms with van der Waals surface area (Å²) in [5, 5.41) is 3.83. The maximum Gasteiger partial charge on any atom is 0.328 e. The number of carbonyl (C=O) groups excluding carboxylic acids is 1. The molecule has 0 aliphatic rings. The van der Waals surface area contributed by atoms with E-state index in [0.717, 1.165) is 23.0 Å². The third-order valence-electron chi connectivity index (χ3n) is 2.41. The van der Waals surface area contributed by atoms with Crippen LogP contribution in [0.3, 0.4) is 0 Å². The second kappa shape index (κ2) is 7.64. The van der Waals surface area contributed by atoms with E-state index in [-0.39, 0.29) is 12.0 Å². The second-order valence-corrected chi connectivity index (χ2v) is 5.15. The van der Waals surface area contributed by atoms with Crippen LogP contribution >= 0.6 is 27.5 Å². The van der Waals surface area contributed by atoms with Gasteiger partial charge in [-0.1, -0.05) is 24.9 Å². The van der Waals surface area contributed by atoms with Crippen LogP contribution in [0.25, 0.3) is 0 Å². The molecule has 1 unspecified atom stereocenters. The number of hydrogen-bond donors (Lipinski definition) is 1. The van der Waals surface area contributed by atoms with E-state index in [4.69, 9.17) is 16.3 Å². The Balaban J connectivity index is 2.79. The Morgan fingerprint density at radius 3 is 2.78 bits per heavy atom. The predicted octanol–water partition coefficient (Wildman–Crippen LogP) is 4.25. The number of ether oxygens (including phenoxy) is 1. The van der Waals surface area contributed by atoms with Crippen molar-refractivity contribution in [3.05, 3.63) is 27.7 Å². The van der Waals surface area contributed by atoms with E-state index in [2.05, 4.69) is 21.2 Å². The Labute approximate surface area is 121 Å². The quantitative estimate of drug-likeness (QED) is 0.791. The molecule has 1 rings (SSSR count). The van der Waals surface area contributed by atoms with E-state index >= 15 is 0 Å². The smallest absolute Gasteiger partial charge is 0.328 e. The molecule has 0 fully saturated rings. The Morgan fingerprint density at radius 1 is 1.50 bits per heavy atom. The first-order valence-corrected chi connectivity index (χ1v) is 7.13. The van der Waals surface area contributed by atoms with Crippen LogP contribution in [0.5, 0.6) is 0 Å². The average Bonchev–Trinajstić information content (AvgIpc) is 2.32. The lowest BCUT2D eigenvalue weighted by Gasteiger charge is -2.18. The standard InChI is InChI=1S/C13H17BrClNO2/c1-3-5-12(13(17)18-4-2)16-11-7-6-9(15)8-10(11)14/h6-8,12,16H,3-5H2,1-2H3. The van der Waals surface area contributed by atoms with Crippen molar-refractivity contribution in [3.63, 3.8) is 0 Å². The van der Waals surface area contributed by atoms with Crippen molar-refractivity contribution >= 4 is 39.2 Å². The van der Waals surface area contributed by atoms with E-state index in [1.807, 2.05) is 13.0 Å². The maximum atomic E-state index is 11.8. The van der Waals surface area contributed by atoms with Crippen LogP contribution in [0.2, 0.25) is 5.02 Å². The summed E-state index contributed by atoms with van der Waals surface area (Å²) >= 11 is 9.29. The molecule has 0 bridgehead atoms. The molecule has 0 amide bonds. The molecule has 0 saturated carbocycles. The van der Waals surface area contributed by atoms with Crippen molar-refractivity contribution < 1.29 is 9.53 Å². The zero-order valence-electron chi connectivity index (χ0n) is 10.5. The van der Waals surface area contributed by atoms with Crippen LogP contribution in [-0.4, -0.2) is 18.6 Å². The molecule has 100 valence electrons. The maximum absolute atomic E-state index is 11.8. The topological polar surface area (TPSA) is 38.3 Å². The second-order valence-electron chi connectivity index (χ2n) is 3.86. The summed E-state index contributed by atoms with van der Waals surface area (Å²) in [7, 11) is 0. The molecule has 0 aliphatic heterocycles. The van der Waals surface area contributed by atoms with Gasteiger partial charge in [-0.3, -0.25) is 0 Å². The average molecular weight is 335 g/mol. The van der Waals surface area contributed by atoms with Crippen LogP contribution in [-0.2, 0) is 9.53 Å². The van der Waals surface area contributed by atoms with Crippen LogP contribution < -0.4 is 5.32 Å². The number of nitrogens with one attached hydrogen (secondary N) is 1. The highest BCUT2D eigenvalue weighted by Crippen LogP contribution is 2.27. The minimum Gasteiger partial charge on any atom is -0.464 e. The van der Waals surface area contributed by atoms with Gasteiger partial charge in [0.2, 0.25) is 0 Å². The molecule has 1 N–H and O–H groups in total. The zero-order chi connectivity index (χ0) is 13.5. The molecule has 0 spiro atoms. The van der Waals surface area contributed by atoms with E-state index in [1.54, 1.807) is 19.1 Å². The molecule has 0 aromatic heterocycles. The first kappa shape index (κ1) is 15.3. The molecule has 0 heterocycles. The summed E-state index contributed by atoms with van der Waals surface area (Å²) in [5.74, 6) is -0.221. The van der Waals surface area contributed by atoms with Gasteiger partial charge >= 0.3 is 5.97 Å². The Hall–Kier alpha value is -0.740. The van der Waals surface area contributed by atoms with E-state index in [1.165, 1.54) is 0 Å². The predicted molar refractivity (Wildman–Crippen MR) is 78.1 cm³/mol. The minimum absolute atomic E-state index is 0.221. The van der Waals surface area contributed by atoms with Crippen LogP contribution in [0, 0.1) is 0 Å². The van der Waals surface area contributed by atoms with E-state index < -0.39 is 0 Å². The number of carbonyl (C=O) groups is 1. The normalized spacial score (nSPS) is 12.0. The highest BCUT2D eigenvalue weighted by Gasteiger charge is 2.19. The molecule has 5 heteroatoms. The lowest BCUT2D eigenvalue weighted by atomic mass is 10.1. The number of rotatable bonds is 6. The van der Waals surface area contributed by atoms with E-state index in [0.29, 0.717) is 11.6 Å². The van der Waals surface area contributed by atoms with Gasteiger partial charge in [-0.15, -0.1) is 0 Å². The van der Waals surface area contributed by atoms with Gasteiger partial charge < -0.3 is 10.1 Å². The summed E-state index contributed by atoms with van der Waals surface area (Å²) in [5.41, 5.74) is 0.839. The summed E-state index contributed by atoms with van der Waals surface area (Å²) in [6, 6.07) is 5.09. The highest BCUT2D eigenvalue weighted by atomic mass is 79.9. The Kier molecular flexibility index (Phi) is 6.50. The molecule has 0 saturated heterocycles. The van der Waals surface area contributed by atoms with Gasteiger partial charge in [0, 0.05) is 15.2 Å². The van der Waals surface area contributed by atoms with Crippen LogP contribution in [0.15, 0.2) is 22.7 Å². The monoisotopic (exact) mass is 333 g/mol. The number of esters is 1. The Morgan fingerprint density at radius 2 is 2.22 bits per heavy atom. The van der Waals surface area contributed by atoms with Gasteiger partial charge in [-0.05, 0) is 47.5 Å². The van der Waals surface area contributed by atoms with Crippen molar-refractivity contribution in [1.29, 1.82) is 0 Å². The van der Waals surface area contributed by atoms with Gasteiger partial charge in [-0.2, -0.15) is 0 Å². The molecule has 0 radical (unpaired) electrons. The number of halogens is 2. The molecule has 18 heavy (non-hydrogen) atoms. The minimum atomic E-state index is -0.326. The molecule has 3 nitrogen and oxygen atoms in total. The molecule has 1 atom stereocenters. The van der Waals surface area contributed by atoms with Crippen molar-refractivity contribution in [1.82, 2.24) is 0 Å². The van der Waals surface area contributed by atoms with Gasteiger partial charge in [0.25, 0.3) is 0 Å². The summed E-state index contributed by atoms with van der Waals surface area (Å²) in [4.78, 5) is 11.8. The summed E-state index contributed by atoms with van der Waals surface area (Å²) in [6.07, 6.45) is 1.63. The third-order valence-corrected chi connectivity index (χ3v) is 3.30. The number of hydrogen-bond acceptors (Lipinski definition) is 3. The molecule has 1 aromatic carbocycles. The summed E-state index contributed by atoms with van der Waals surface area (Å²) in [6.45, 7) is 4.23. The van der Waals surface area contributed by atoms with Gasteiger partial charge in [0.15, 0.2) is 0 Å². The van der Waals surface area contributed by atoms with Crippen LogP contribution in [0.4, 0.5) is 5.69 Å². The first-order chi connectivity index (χ1) is 8.58. The largest absolute Gasteiger partial charge is 0.464 e. The van der Waals surface area contributed by atoms with Crippen molar-refractivity contribution in [2.75, 3.05) is 11.9 Å². The fourth-order valence-corrected chi connectivity index (χ4v) is 2.37. The summed E-state index contributed by atoms with van der Waals surface area (Å²) < 4.78 is 5.88. The molecular formula is C13H17BrClNO2. The molecule has 1 aromatic rings. The lowest BCUT2D eigenvalue weighted by Crippen LogP contribution is -2.31. The highest BCUT2D eigenvalue weighted by molar-refractivity contribution is 9.10. The fraction of sp³-hybridized carbons (Fsp3) is 0.462. The van der Waals surface area contributed by atoms with Crippen LogP contribution in [0.1, 0.15) is 26.7 Å². The SMILES string of the molecule is CCCC(Nc1ccc(Cl)cc1Br)C(=O)OCC.